The van der Waals surface area contributed by atoms with Gasteiger partial charge >= 0.3 is 0 Å². The largest absolute Gasteiger partial charge is 0.323 e. The van der Waals surface area contributed by atoms with E-state index < -0.39 is 0 Å². The van der Waals surface area contributed by atoms with Crippen molar-refractivity contribution in [2.24, 2.45) is 5.92 Å². The fourth-order valence-electron chi connectivity index (χ4n) is 1.93. The normalized spacial score (nSPS) is 14.3. The maximum Gasteiger partial charge on any atom is 0.227 e. The second kappa shape index (κ2) is 5.46. The number of anilines is 1. The second-order valence-corrected chi connectivity index (χ2v) is 5.75. The number of nitrogens with one attached hydrogen (secondary N) is 1. The molecule has 1 heterocycles. The van der Waals surface area contributed by atoms with Gasteiger partial charge < -0.3 is 5.32 Å². The van der Waals surface area contributed by atoms with Gasteiger partial charge in [0.15, 0.2) is 0 Å². The van der Waals surface area contributed by atoms with Crippen LogP contribution in [0.3, 0.4) is 0 Å². The molecule has 1 fully saturated rings. The summed E-state index contributed by atoms with van der Waals surface area (Å²) in [6.07, 6.45) is 5.44. The third kappa shape index (κ3) is 3.14. The van der Waals surface area contributed by atoms with Crippen LogP contribution in [0.25, 0.3) is 0 Å². The molecular weight excluding hydrogens is 297 g/mol. The summed E-state index contributed by atoms with van der Waals surface area (Å²) in [6, 6.07) is 5.48. The van der Waals surface area contributed by atoms with E-state index in [2.05, 4.69) is 10.4 Å². The summed E-state index contributed by atoms with van der Waals surface area (Å²) in [4.78, 5) is 11.6. The third-order valence-electron chi connectivity index (χ3n) is 3.18. The van der Waals surface area contributed by atoms with E-state index in [1.807, 2.05) is 18.3 Å². The lowest BCUT2D eigenvalue weighted by atomic mass is 10.2. The summed E-state index contributed by atoms with van der Waals surface area (Å²) < 4.78 is 1.75. The summed E-state index contributed by atoms with van der Waals surface area (Å²) in [5, 5.41) is 8.15. The fraction of sp³-hybridized carbons (Fsp3) is 0.286. The number of carbonyl (C=O) groups excluding carboxylic acids is 1. The second-order valence-electron chi connectivity index (χ2n) is 4.94. The monoisotopic (exact) mass is 309 g/mol. The lowest BCUT2D eigenvalue weighted by Gasteiger charge is -2.03. The van der Waals surface area contributed by atoms with Crippen molar-refractivity contribution in [2.75, 3.05) is 5.32 Å². The number of nitrogens with zero attached hydrogens (tertiary/aromatic N) is 2. The van der Waals surface area contributed by atoms with Gasteiger partial charge in [0.2, 0.25) is 5.91 Å². The maximum absolute atomic E-state index is 11.6. The predicted octanol–water partition coefficient (Wildman–Crippen LogP) is 3.59. The Morgan fingerprint density at radius 1 is 1.35 bits per heavy atom. The highest BCUT2D eigenvalue weighted by molar-refractivity contribution is 6.42. The molecular formula is C14H13Cl2N3O. The average Bonchev–Trinajstić information content (AvgIpc) is 3.18. The molecule has 0 atom stereocenters. The van der Waals surface area contributed by atoms with Gasteiger partial charge in [-0.25, -0.2) is 0 Å². The van der Waals surface area contributed by atoms with Crippen molar-refractivity contribution in [1.82, 2.24) is 9.78 Å². The van der Waals surface area contributed by atoms with Gasteiger partial charge in [-0.3, -0.25) is 9.48 Å². The minimum absolute atomic E-state index is 0.0825. The molecule has 4 nitrogen and oxygen atoms in total. The molecule has 1 amide bonds. The first-order chi connectivity index (χ1) is 9.61. The lowest BCUT2D eigenvalue weighted by molar-refractivity contribution is -0.117. The summed E-state index contributed by atoms with van der Waals surface area (Å²) in [7, 11) is 0. The first-order valence-electron chi connectivity index (χ1n) is 6.39. The van der Waals surface area contributed by atoms with E-state index in [9.17, 15) is 4.79 Å². The van der Waals surface area contributed by atoms with Crippen molar-refractivity contribution >= 4 is 34.8 Å². The van der Waals surface area contributed by atoms with E-state index in [-0.39, 0.29) is 11.8 Å². The molecule has 1 saturated carbocycles. The SMILES string of the molecule is O=C(Nc1cnn(Cc2ccc(Cl)c(Cl)c2)c1)C1CC1. The van der Waals surface area contributed by atoms with Crippen LogP contribution in [0.4, 0.5) is 5.69 Å². The average molecular weight is 310 g/mol. The number of rotatable bonds is 4. The number of aromatic nitrogens is 2. The summed E-state index contributed by atoms with van der Waals surface area (Å²) in [5.74, 6) is 0.271. The Balaban J connectivity index is 1.66. The van der Waals surface area contributed by atoms with Gasteiger partial charge in [-0.2, -0.15) is 5.10 Å². The van der Waals surface area contributed by atoms with Gasteiger partial charge in [0.1, 0.15) is 0 Å². The standard InChI is InChI=1S/C14H13Cl2N3O/c15-12-4-1-9(5-13(12)16)7-19-8-11(6-17-19)18-14(20)10-2-3-10/h1,4-6,8,10H,2-3,7H2,(H,18,20). The van der Waals surface area contributed by atoms with Crippen molar-refractivity contribution in [1.29, 1.82) is 0 Å². The minimum atomic E-state index is 0.0825. The molecule has 104 valence electrons. The Morgan fingerprint density at radius 3 is 2.85 bits per heavy atom. The highest BCUT2D eigenvalue weighted by Gasteiger charge is 2.29. The fourth-order valence-corrected chi connectivity index (χ4v) is 2.25. The van der Waals surface area contributed by atoms with Gasteiger partial charge in [0.25, 0.3) is 0 Å². The van der Waals surface area contributed by atoms with Crippen molar-refractivity contribution in [2.45, 2.75) is 19.4 Å². The molecule has 0 unspecified atom stereocenters. The Bertz CT molecular complexity index is 650. The molecule has 2 aromatic rings. The van der Waals surface area contributed by atoms with Crippen LogP contribution < -0.4 is 5.32 Å². The Morgan fingerprint density at radius 2 is 2.15 bits per heavy atom. The van der Waals surface area contributed by atoms with Crippen molar-refractivity contribution in [3.63, 3.8) is 0 Å². The first kappa shape index (κ1) is 13.5. The quantitative estimate of drug-likeness (QED) is 0.938. The third-order valence-corrected chi connectivity index (χ3v) is 3.92. The van der Waals surface area contributed by atoms with E-state index in [1.54, 1.807) is 16.9 Å². The van der Waals surface area contributed by atoms with Crippen LogP contribution in [-0.4, -0.2) is 15.7 Å². The number of amides is 1. The molecule has 0 saturated heterocycles. The molecule has 0 spiro atoms. The Hall–Kier alpha value is -1.52. The molecule has 1 aromatic heterocycles. The van der Waals surface area contributed by atoms with Crippen LogP contribution in [0.2, 0.25) is 10.0 Å². The van der Waals surface area contributed by atoms with Crippen LogP contribution in [-0.2, 0) is 11.3 Å². The Kier molecular flexibility index (Phi) is 3.68. The summed E-state index contributed by atoms with van der Waals surface area (Å²) in [5.41, 5.74) is 1.73. The molecule has 0 aliphatic heterocycles. The zero-order valence-electron chi connectivity index (χ0n) is 10.6. The molecule has 1 aliphatic carbocycles. The zero-order valence-corrected chi connectivity index (χ0v) is 12.2. The molecule has 1 N–H and O–H groups in total. The first-order valence-corrected chi connectivity index (χ1v) is 7.14. The molecule has 1 aromatic carbocycles. The molecule has 0 radical (unpaired) electrons. The van der Waals surface area contributed by atoms with Gasteiger partial charge in [0, 0.05) is 12.1 Å². The number of halogens is 2. The van der Waals surface area contributed by atoms with E-state index in [0.717, 1.165) is 24.1 Å². The Labute approximate surface area is 126 Å². The smallest absolute Gasteiger partial charge is 0.227 e. The summed E-state index contributed by atoms with van der Waals surface area (Å²) >= 11 is 11.9. The van der Waals surface area contributed by atoms with Crippen LogP contribution in [0, 0.1) is 5.92 Å². The zero-order chi connectivity index (χ0) is 14.1. The predicted molar refractivity (Wildman–Crippen MR) is 79.1 cm³/mol. The summed E-state index contributed by atoms with van der Waals surface area (Å²) in [6.45, 7) is 0.580. The van der Waals surface area contributed by atoms with Gasteiger partial charge in [0.05, 0.1) is 28.5 Å². The maximum atomic E-state index is 11.6. The van der Waals surface area contributed by atoms with Crippen molar-refractivity contribution in [3.05, 3.63) is 46.2 Å². The van der Waals surface area contributed by atoms with Gasteiger partial charge in [-0.1, -0.05) is 29.3 Å². The molecule has 20 heavy (non-hydrogen) atoms. The van der Waals surface area contributed by atoms with Crippen molar-refractivity contribution < 1.29 is 4.79 Å². The molecule has 1 aliphatic rings. The number of benzene rings is 1. The van der Waals surface area contributed by atoms with E-state index in [4.69, 9.17) is 23.2 Å². The molecule has 6 heteroatoms. The van der Waals surface area contributed by atoms with E-state index in [1.165, 1.54) is 0 Å². The number of hydrogen-bond acceptors (Lipinski definition) is 2. The molecule has 0 bridgehead atoms. The van der Waals surface area contributed by atoms with Crippen molar-refractivity contribution in [3.8, 4) is 0 Å². The van der Waals surface area contributed by atoms with E-state index >= 15 is 0 Å². The van der Waals surface area contributed by atoms with Gasteiger partial charge in [-0.15, -0.1) is 0 Å². The van der Waals surface area contributed by atoms with E-state index in [0.29, 0.717) is 16.6 Å². The minimum Gasteiger partial charge on any atom is -0.323 e. The topological polar surface area (TPSA) is 46.9 Å². The van der Waals surface area contributed by atoms with Crippen LogP contribution >= 0.6 is 23.2 Å². The highest BCUT2D eigenvalue weighted by Crippen LogP contribution is 2.30. The van der Waals surface area contributed by atoms with Crippen LogP contribution in [0.5, 0.6) is 0 Å². The number of carbonyl (C=O) groups is 1. The lowest BCUT2D eigenvalue weighted by Crippen LogP contribution is -2.12. The highest BCUT2D eigenvalue weighted by atomic mass is 35.5. The molecule has 3 rings (SSSR count). The van der Waals surface area contributed by atoms with Gasteiger partial charge in [-0.05, 0) is 30.5 Å². The van der Waals surface area contributed by atoms with Crippen LogP contribution in [0.1, 0.15) is 18.4 Å². The number of hydrogen-bond donors (Lipinski definition) is 1. The van der Waals surface area contributed by atoms with Crippen LogP contribution in [0.15, 0.2) is 30.6 Å².